The molecule has 1 fully saturated rings. The molecule has 3 amide bonds. The zero-order valence-electron chi connectivity index (χ0n) is 9.27. The molecule has 94 valence electrons. The first-order valence-corrected chi connectivity index (χ1v) is 5.52. The number of carbonyl (C=O) groups excluding carboxylic acids is 3. The Kier molecular flexibility index (Phi) is 3.20. The lowest BCUT2D eigenvalue weighted by Gasteiger charge is -2.25. The number of nitrogens with one attached hydrogen (secondary N) is 1. The lowest BCUT2D eigenvalue weighted by molar-refractivity contribution is -0.135. The van der Waals surface area contributed by atoms with Crippen molar-refractivity contribution >= 4 is 35.0 Å². The molecule has 2 rings (SSSR count). The minimum absolute atomic E-state index is 0.161. The van der Waals surface area contributed by atoms with E-state index in [1.807, 2.05) is 0 Å². The van der Waals surface area contributed by atoms with Gasteiger partial charge in [0, 0.05) is 5.69 Å². The number of halogens is 1. The molecule has 0 saturated carbocycles. The van der Waals surface area contributed by atoms with Crippen LogP contribution in [0.25, 0.3) is 0 Å². The molecule has 1 aromatic carbocycles. The van der Waals surface area contributed by atoms with Crippen molar-refractivity contribution in [2.75, 3.05) is 18.8 Å². The van der Waals surface area contributed by atoms with Crippen molar-refractivity contribution in [3.63, 3.8) is 0 Å². The summed E-state index contributed by atoms with van der Waals surface area (Å²) >= 11 is 5.90. The Bertz CT molecular complexity index is 528. The minimum atomic E-state index is -0.508. The molecular weight excluding hydrogens is 258 g/mol. The van der Waals surface area contributed by atoms with Gasteiger partial charge < -0.3 is 10.6 Å². The zero-order valence-corrected chi connectivity index (χ0v) is 10.0. The van der Waals surface area contributed by atoms with Crippen LogP contribution in [0.1, 0.15) is 10.4 Å². The summed E-state index contributed by atoms with van der Waals surface area (Å²) in [5.74, 6) is -1.49. The molecule has 0 aromatic heterocycles. The molecule has 7 heteroatoms. The third-order valence-corrected chi connectivity index (χ3v) is 2.77. The number of amides is 3. The summed E-state index contributed by atoms with van der Waals surface area (Å²) in [5, 5.41) is 2.31. The summed E-state index contributed by atoms with van der Waals surface area (Å²) in [6, 6.07) is 4.45. The van der Waals surface area contributed by atoms with Crippen molar-refractivity contribution in [1.29, 1.82) is 0 Å². The summed E-state index contributed by atoms with van der Waals surface area (Å²) in [5.41, 5.74) is 6.17. The molecule has 3 N–H and O–H groups in total. The van der Waals surface area contributed by atoms with Crippen LogP contribution in [0.3, 0.4) is 0 Å². The van der Waals surface area contributed by atoms with Crippen molar-refractivity contribution < 1.29 is 14.4 Å². The standard InChI is InChI=1S/C11H10ClN3O3/c12-8-3-6(13)1-2-7(8)11(18)15-4-9(16)14-10(17)5-15/h1-3H,4-5,13H2,(H,14,16,17). The molecule has 0 spiro atoms. The van der Waals surface area contributed by atoms with Gasteiger partial charge in [-0.05, 0) is 18.2 Å². The second-order valence-electron chi connectivity index (χ2n) is 3.87. The summed E-state index contributed by atoms with van der Waals surface area (Å²) in [6.07, 6.45) is 0. The molecule has 1 heterocycles. The van der Waals surface area contributed by atoms with Crippen molar-refractivity contribution in [2.24, 2.45) is 0 Å². The van der Waals surface area contributed by atoms with E-state index < -0.39 is 17.7 Å². The first kappa shape index (κ1) is 12.4. The quantitative estimate of drug-likeness (QED) is 0.554. The van der Waals surface area contributed by atoms with E-state index in [4.69, 9.17) is 17.3 Å². The van der Waals surface area contributed by atoms with E-state index in [1.54, 1.807) is 0 Å². The molecule has 1 aliphatic heterocycles. The smallest absolute Gasteiger partial charge is 0.256 e. The largest absolute Gasteiger partial charge is 0.399 e. The molecule has 0 bridgehead atoms. The number of hydrogen-bond acceptors (Lipinski definition) is 4. The summed E-state index contributed by atoms with van der Waals surface area (Å²) in [4.78, 5) is 35.6. The van der Waals surface area contributed by atoms with E-state index in [2.05, 4.69) is 5.32 Å². The van der Waals surface area contributed by atoms with Gasteiger partial charge in [-0.2, -0.15) is 0 Å². The topological polar surface area (TPSA) is 92.5 Å². The molecule has 18 heavy (non-hydrogen) atoms. The number of benzene rings is 1. The van der Waals surface area contributed by atoms with Crippen LogP contribution in [0.4, 0.5) is 5.69 Å². The van der Waals surface area contributed by atoms with E-state index in [1.165, 1.54) is 18.2 Å². The normalized spacial score (nSPS) is 15.5. The average molecular weight is 268 g/mol. The Labute approximate surface area is 108 Å². The highest BCUT2D eigenvalue weighted by Crippen LogP contribution is 2.21. The number of rotatable bonds is 1. The Morgan fingerprint density at radius 2 is 1.89 bits per heavy atom. The zero-order chi connectivity index (χ0) is 13.3. The highest BCUT2D eigenvalue weighted by Gasteiger charge is 2.28. The van der Waals surface area contributed by atoms with Gasteiger partial charge in [0.1, 0.15) is 13.1 Å². The minimum Gasteiger partial charge on any atom is -0.399 e. The maximum atomic E-state index is 12.1. The molecular formula is C11H10ClN3O3. The number of hydrogen-bond donors (Lipinski definition) is 2. The molecule has 1 saturated heterocycles. The second-order valence-corrected chi connectivity index (χ2v) is 4.28. The first-order chi connectivity index (χ1) is 8.47. The van der Waals surface area contributed by atoms with E-state index >= 15 is 0 Å². The number of nitrogens with two attached hydrogens (primary N) is 1. The Morgan fingerprint density at radius 3 is 2.44 bits per heavy atom. The number of nitrogens with zero attached hydrogens (tertiary/aromatic N) is 1. The first-order valence-electron chi connectivity index (χ1n) is 5.14. The third kappa shape index (κ3) is 2.43. The number of carbonyl (C=O) groups is 3. The van der Waals surface area contributed by atoms with Gasteiger partial charge in [0.05, 0.1) is 10.6 Å². The lowest BCUT2D eigenvalue weighted by Crippen LogP contribution is -2.53. The van der Waals surface area contributed by atoms with Crippen molar-refractivity contribution in [3.8, 4) is 0 Å². The molecule has 1 aromatic rings. The van der Waals surface area contributed by atoms with Crippen LogP contribution in [-0.2, 0) is 9.59 Å². The van der Waals surface area contributed by atoms with Crippen molar-refractivity contribution in [2.45, 2.75) is 0 Å². The molecule has 6 nitrogen and oxygen atoms in total. The van der Waals surface area contributed by atoms with Crippen LogP contribution in [0.5, 0.6) is 0 Å². The fraction of sp³-hybridized carbons (Fsp3) is 0.182. The van der Waals surface area contributed by atoms with Gasteiger partial charge in [0.25, 0.3) is 5.91 Å². The molecule has 0 unspecified atom stereocenters. The van der Waals surface area contributed by atoms with Crippen molar-refractivity contribution in [3.05, 3.63) is 28.8 Å². The summed E-state index contributed by atoms with van der Waals surface area (Å²) in [7, 11) is 0. The molecule has 0 atom stereocenters. The summed E-state index contributed by atoms with van der Waals surface area (Å²) < 4.78 is 0. The third-order valence-electron chi connectivity index (χ3n) is 2.46. The lowest BCUT2D eigenvalue weighted by atomic mass is 10.1. The van der Waals surface area contributed by atoms with Crippen LogP contribution in [0.2, 0.25) is 5.02 Å². The molecule has 0 aliphatic carbocycles. The predicted octanol–water partition coefficient (Wildman–Crippen LogP) is 0.0208. The maximum Gasteiger partial charge on any atom is 0.256 e. The van der Waals surface area contributed by atoms with Gasteiger partial charge in [-0.1, -0.05) is 11.6 Å². The Hall–Kier alpha value is -2.08. The van der Waals surface area contributed by atoms with Gasteiger partial charge >= 0.3 is 0 Å². The molecule has 1 aliphatic rings. The van der Waals surface area contributed by atoms with Crippen LogP contribution in [0, 0.1) is 0 Å². The van der Waals surface area contributed by atoms with Crippen LogP contribution in [-0.4, -0.2) is 35.7 Å². The van der Waals surface area contributed by atoms with Crippen LogP contribution < -0.4 is 11.1 Å². The van der Waals surface area contributed by atoms with E-state index in [0.717, 1.165) is 4.90 Å². The number of imide groups is 1. The van der Waals surface area contributed by atoms with Gasteiger partial charge in [-0.3, -0.25) is 19.7 Å². The number of nitrogen functional groups attached to an aromatic ring is 1. The van der Waals surface area contributed by atoms with Crippen LogP contribution >= 0.6 is 11.6 Å². The highest BCUT2D eigenvalue weighted by molar-refractivity contribution is 6.34. The number of piperazine rings is 1. The monoisotopic (exact) mass is 267 g/mol. The Morgan fingerprint density at radius 1 is 1.28 bits per heavy atom. The highest BCUT2D eigenvalue weighted by atomic mass is 35.5. The molecule has 0 radical (unpaired) electrons. The predicted molar refractivity (Wildman–Crippen MR) is 64.9 cm³/mol. The van der Waals surface area contributed by atoms with E-state index in [9.17, 15) is 14.4 Å². The van der Waals surface area contributed by atoms with Gasteiger partial charge in [-0.25, -0.2) is 0 Å². The average Bonchev–Trinajstić information content (AvgIpc) is 2.26. The maximum absolute atomic E-state index is 12.1. The van der Waals surface area contributed by atoms with Gasteiger partial charge in [-0.15, -0.1) is 0 Å². The summed E-state index contributed by atoms with van der Waals surface area (Å²) in [6.45, 7) is -0.323. The van der Waals surface area contributed by atoms with Crippen molar-refractivity contribution in [1.82, 2.24) is 10.2 Å². The van der Waals surface area contributed by atoms with Crippen LogP contribution in [0.15, 0.2) is 18.2 Å². The number of anilines is 1. The van der Waals surface area contributed by atoms with Gasteiger partial charge in [0.15, 0.2) is 0 Å². The van der Waals surface area contributed by atoms with E-state index in [0.29, 0.717) is 5.69 Å². The van der Waals surface area contributed by atoms with E-state index in [-0.39, 0.29) is 23.7 Å². The second kappa shape index (κ2) is 4.66. The fourth-order valence-electron chi connectivity index (χ4n) is 1.66. The SMILES string of the molecule is Nc1ccc(C(=O)N2CC(=O)NC(=O)C2)c(Cl)c1. The van der Waals surface area contributed by atoms with Gasteiger partial charge in [0.2, 0.25) is 11.8 Å². The fourth-order valence-corrected chi connectivity index (χ4v) is 1.93. The Balaban J connectivity index is 2.25.